The highest BCUT2D eigenvalue weighted by Crippen LogP contribution is 2.25. The Labute approximate surface area is 113 Å². The fourth-order valence-electron chi connectivity index (χ4n) is 2.15. The minimum Gasteiger partial charge on any atom is -0.322 e. The molecule has 94 valence electrons. The quantitative estimate of drug-likeness (QED) is 0.800. The number of hydrogen-bond donors (Lipinski definition) is 0. The topological polar surface area (TPSA) is 44.1 Å². The summed E-state index contributed by atoms with van der Waals surface area (Å²) >= 11 is 3.19. The number of amides is 1. The molecular weight excluding hydrogens is 299 g/mol. The van der Waals surface area contributed by atoms with Crippen molar-refractivity contribution in [3.05, 3.63) is 34.1 Å². The van der Waals surface area contributed by atoms with Crippen molar-refractivity contribution in [3.63, 3.8) is 0 Å². The second kappa shape index (κ2) is 5.49. The van der Waals surface area contributed by atoms with E-state index in [2.05, 4.69) is 22.0 Å². The molecule has 1 unspecified atom stereocenters. The van der Waals surface area contributed by atoms with Gasteiger partial charge >= 0.3 is 0 Å². The SMILES string of the molecule is N#CC1CCCCN1C(=O)c1c(F)cccc1Br. The molecule has 18 heavy (non-hydrogen) atoms. The summed E-state index contributed by atoms with van der Waals surface area (Å²) in [5.74, 6) is -0.970. The fourth-order valence-corrected chi connectivity index (χ4v) is 2.67. The van der Waals surface area contributed by atoms with Crippen LogP contribution in [0, 0.1) is 17.1 Å². The molecule has 0 aromatic heterocycles. The van der Waals surface area contributed by atoms with Gasteiger partial charge < -0.3 is 4.90 Å². The maximum absolute atomic E-state index is 13.7. The van der Waals surface area contributed by atoms with Gasteiger partial charge in [0, 0.05) is 11.0 Å². The van der Waals surface area contributed by atoms with Crippen LogP contribution in [0.25, 0.3) is 0 Å². The molecule has 1 amide bonds. The van der Waals surface area contributed by atoms with Crippen molar-refractivity contribution >= 4 is 21.8 Å². The molecule has 1 heterocycles. The first-order chi connectivity index (χ1) is 8.65. The normalized spacial score (nSPS) is 19.4. The number of carbonyl (C=O) groups is 1. The lowest BCUT2D eigenvalue weighted by Crippen LogP contribution is -2.43. The Morgan fingerprint density at radius 1 is 1.50 bits per heavy atom. The Kier molecular flexibility index (Phi) is 3.97. The van der Waals surface area contributed by atoms with Crippen molar-refractivity contribution < 1.29 is 9.18 Å². The summed E-state index contributed by atoms with van der Waals surface area (Å²) in [5, 5.41) is 9.05. The molecular formula is C13H12BrFN2O. The summed E-state index contributed by atoms with van der Waals surface area (Å²) < 4.78 is 14.2. The van der Waals surface area contributed by atoms with Crippen LogP contribution >= 0.6 is 15.9 Å². The van der Waals surface area contributed by atoms with E-state index in [1.54, 1.807) is 6.07 Å². The van der Waals surface area contributed by atoms with Gasteiger partial charge in [-0.25, -0.2) is 4.39 Å². The molecule has 1 atom stereocenters. The summed E-state index contributed by atoms with van der Waals surface area (Å²) in [6, 6.07) is 6.08. The van der Waals surface area contributed by atoms with Crippen LogP contribution in [0.1, 0.15) is 29.6 Å². The number of nitrogens with zero attached hydrogens (tertiary/aromatic N) is 2. The summed E-state index contributed by atoms with van der Waals surface area (Å²) in [6.07, 6.45) is 2.45. The lowest BCUT2D eigenvalue weighted by atomic mass is 10.0. The highest BCUT2D eigenvalue weighted by atomic mass is 79.9. The van der Waals surface area contributed by atoms with Gasteiger partial charge in [-0.1, -0.05) is 6.07 Å². The lowest BCUT2D eigenvalue weighted by Gasteiger charge is -2.31. The molecule has 0 radical (unpaired) electrons. The second-order valence-corrected chi connectivity index (χ2v) is 5.09. The van der Waals surface area contributed by atoms with Crippen LogP contribution in [-0.2, 0) is 0 Å². The predicted octanol–water partition coefficient (Wildman–Crippen LogP) is 3.11. The number of halogens is 2. The van der Waals surface area contributed by atoms with Gasteiger partial charge in [0.1, 0.15) is 11.9 Å². The molecule has 0 spiro atoms. The van der Waals surface area contributed by atoms with E-state index in [9.17, 15) is 9.18 Å². The highest BCUT2D eigenvalue weighted by molar-refractivity contribution is 9.10. The van der Waals surface area contributed by atoms with Crippen molar-refractivity contribution in [2.75, 3.05) is 6.54 Å². The van der Waals surface area contributed by atoms with Crippen LogP contribution in [0.15, 0.2) is 22.7 Å². The Bertz CT molecular complexity index is 492. The van der Waals surface area contributed by atoms with Gasteiger partial charge in [-0.05, 0) is 47.3 Å². The number of nitriles is 1. The molecule has 1 aromatic carbocycles. The van der Waals surface area contributed by atoms with Gasteiger partial charge in [-0.3, -0.25) is 4.79 Å². The number of piperidine rings is 1. The van der Waals surface area contributed by atoms with Gasteiger partial charge in [-0.15, -0.1) is 0 Å². The second-order valence-electron chi connectivity index (χ2n) is 4.24. The first kappa shape index (κ1) is 13.0. The molecule has 1 fully saturated rings. The summed E-state index contributed by atoms with van der Waals surface area (Å²) in [4.78, 5) is 13.8. The van der Waals surface area contributed by atoms with Crippen LogP contribution < -0.4 is 0 Å². The average Bonchev–Trinajstić information content (AvgIpc) is 2.38. The van der Waals surface area contributed by atoms with Crippen molar-refractivity contribution in [2.24, 2.45) is 0 Å². The van der Waals surface area contributed by atoms with E-state index in [1.165, 1.54) is 17.0 Å². The summed E-state index contributed by atoms with van der Waals surface area (Å²) in [7, 11) is 0. The van der Waals surface area contributed by atoms with Crippen LogP contribution in [0.2, 0.25) is 0 Å². The number of benzene rings is 1. The zero-order valence-corrected chi connectivity index (χ0v) is 11.3. The average molecular weight is 311 g/mol. The van der Waals surface area contributed by atoms with Crippen molar-refractivity contribution in [1.82, 2.24) is 4.90 Å². The smallest absolute Gasteiger partial charge is 0.259 e. The molecule has 0 N–H and O–H groups in total. The number of hydrogen-bond acceptors (Lipinski definition) is 2. The fraction of sp³-hybridized carbons (Fsp3) is 0.385. The molecule has 1 saturated heterocycles. The molecule has 5 heteroatoms. The third-order valence-electron chi connectivity index (χ3n) is 3.09. The van der Waals surface area contributed by atoms with Crippen molar-refractivity contribution in [1.29, 1.82) is 5.26 Å². The molecule has 1 aromatic rings. The van der Waals surface area contributed by atoms with E-state index in [4.69, 9.17) is 5.26 Å². The van der Waals surface area contributed by atoms with Gasteiger partial charge in [-0.2, -0.15) is 5.26 Å². The summed E-state index contributed by atoms with van der Waals surface area (Å²) in [6.45, 7) is 0.512. The van der Waals surface area contributed by atoms with Gasteiger partial charge in [0.25, 0.3) is 5.91 Å². The predicted molar refractivity (Wildman–Crippen MR) is 68.4 cm³/mol. The number of likely N-dealkylation sites (tertiary alicyclic amines) is 1. The van der Waals surface area contributed by atoms with Gasteiger partial charge in [0.05, 0.1) is 11.6 Å². The minimum atomic E-state index is -0.559. The molecule has 0 bridgehead atoms. The van der Waals surface area contributed by atoms with Crippen LogP contribution in [-0.4, -0.2) is 23.4 Å². The van der Waals surface area contributed by atoms with E-state index in [1.807, 2.05) is 0 Å². The van der Waals surface area contributed by atoms with Gasteiger partial charge in [0.2, 0.25) is 0 Å². The maximum Gasteiger partial charge on any atom is 0.259 e. The first-order valence-electron chi connectivity index (χ1n) is 5.79. The monoisotopic (exact) mass is 310 g/mol. The standard InChI is InChI=1S/C13H12BrFN2O/c14-10-5-3-6-11(15)12(10)13(18)17-7-2-1-4-9(17)8-16/h3,5-6,9H,1-2,4,7H2. The van der Waals surface area contributed by atoms with Crippen LogP contribution in [0.3, 0.4) is 0 Å². The number of carbonyl (C=O) groups excluding carboxylic acids is 1. The zero-order valence-electron chi connectivity index (χ0n) is 9.70. The van der Waals surface area contributed by atoms with Crippen LogP contribution in [0.4, 0.5) is 4.39 Å². The third kappa shape index (κ3) is 2.39. The summed E-state index contributed by atoms with van der Waals surface area (Å²) in [5.41, 5.74) is 0.0136. The van der Waals surface area contributed by atoms with E-state index < -0.39 is 17.8 Å². The number of rotatable bonds is 1. The maximum atomic E-state index is 13.7. The molecule has 3 nitrogen and oxygen atoms in total. The highest BCUT2D eigenvalue weighted by Gasteiger charge is 2.29. The zero-order chi connectivity index (χ0) is 13.1. The third-order valence-corrected chi connectivity index (χ3v) is 3.75. The Hall–Kier alpha value is -1.41. The molecule has 1 aliphatic rings. The van der Waals surface area contributed by atoms with E-state index in [0.717, 1.165) is 12.8 Å². The Morgan fingerprint density at radius 3 is 2.94 bits per heavy atom. The Morgan fingerprint density at radius 2 is 2.28 bits per heavy atom. The van der Waals surface area contributed by atoms with E-state index in [-0.39, 0.29) is 5.56 Å². The molecule has 2 rings (SSSR count). The first-order valence-corrected chi connectivity index (χ1v) is 6.59. The van der Waals surface area contributed by atoms with E-state index >= 15 is 0 Å². The Balaban J connectivity index is 2.33. The molecule has 0 aliphatic carbocycles. The lowest BCUT2D eigenvalue weighted by molar-refractivity contribution is 0.0665. The van der Waals surface area contributed by atoms with Crippen molar-refractivity contribution in [3.8, 4) is 6.07 Å². The largest absolute Gasteiger partial charge is 0.322 e. The van der Waals surface area contributed by atoms with Crippen molar-refractivity contribution in [2.45, 2.75) is 25.3 Å². The molecule has 0 saturated carbocycles. The minimum absolute atomic E-state index is 0.0136. The van der Waals surface area contributed by atoms with Crippen LogP contribution in [0.5, 0.6) is 0 Å². The van der Waals surface area contributed by atoms with E-state index in [0.29, 0.717) is 17.4 Å². The molecule has 1 aliphatic heterocycles. The van der Waals surface area contributed by atoms with Gasteiger partial charge in [0.15, 0.2) is 0 Å².